The Morgan fingerprint density at radius 1 is 1.08 bits per heavy atom. The van der Waals surface area contributed by atoms with Crippen LogP contribution >= 0.6 is 0 Å². The summed E-state index contributed by atoms with van der Waals surface area (Å²) in [7, 11) is 0. The highest BCUT2D eigenvalue weighted by atomic mass is 16.7. The molecule has 0 aliphatic heterocycles. The highest BCUT2D eigenvalue weighted by Crippen LogP contribution is 2.61. The molecule has 4 aliphatic rings. The van der Waals surface area contributed by atoms with E-state index in [4.69, 9.17) is 9.47 Å². The summed E-state index contributed by atoms with van der Waals surface area (Å²) < 4.78 is 10.3. The normalized spacial score (nSPS) is 31.6. The summed E-state index contributed by atoms with van der Waals surface area (Å²) in [6, 6.07) is 5.40. The molecule has 140 valence electrons. The van der Waals surface area contributed by atoms with Crippen molar-refractivity contribution in [3.05, 3.63) is 34.4 Å². The minimum absolute atomic E-state index is 0.0405. The first-order valence-corrected chi connectivity index (χ1v) is 9.60. The van der Waals surface area contributed by atoms with Gasteiger partial charge in [0.05, 0.1) is 11.5 Å². The van der Waals surface area contributed by atoms with Crippen molar-refractivity contribution in [2.24, 2.45) is 23.2 Å². The molecule has 0 saturated heterocycles. The first-order chi connectivity index (χ1) is 12.5. The van der Waals surface area contributed by atoms with E-state index in [-0.39, 0.29) is 11.4 Å². The number of nitrogens with zero attached hydrogens (tertiary/aromatic N) is 1. The van der Waals surface area contributed by atoms with Crippen molar-refractivity contribution in [1.82, 2.24) is 0 Å². The summed E-state index contributed by atoms with van der Waals surface area (Å²) in [5, 5.41) is 10.6. The van der Waals surface area contributed by atoms with Crippen molar-refractivity contribution in [3.8, 4) is 5.75 Å². The van der Waals surface area contributed by atoms with Crippen LogP contribution in [0.25, 0.3) is 0 Å². The van der Waals surface area contributed by atoms with E-state index in [0.717, 1.165) is 30.6 Å². The summed E-state index contributed by atoms with van der Waals surface area (Å²) in [5.74, 6) is 3.07. The molecule has 0 unspecified atom stereocenters. The molecular weight excluding hydrogens is 334 g/mol. The monoisotopic (exact) mass is 359 g/mol. The molecule has 6 nitrogen and oxygen atoms in total. The standard InChI is InChI=1S/C20H25NO5/c22-19(26-18-4-2-17(3-5-18)21(23)24)25-7-1-6-20-11-14-8-15(12-20)10-16(9-14)13-20/h2-5,14-16H,1,6-13H2. The number of hydrogen-bond donors (Lipinski definition) is 0. The van der Waals surface area contributed by atoms with Gasteiger partial charge in [0.25, 0.3) is 5.69 Å². The van der Waals surface area contributed by atoms with E-state index in [1.165, 1.54) is 62.8 Å². The molecule has 6 heteroatoms. The van der Waals surface area contributed by atoms with Gasteiger partial charge >= 0.3 is 6.16 Å². The van der Waals surface area contributed by atoms with Crippen LogP contribution in [0.2, 0.25) is 0 Å². The molecule has 26 heavy (non-hydrogen) atoms. The molecular formula is C20H25NO5. The molecule has 0 spiro atoms. The Labute approximate surface area is 153 Å². The average molecular weight is 359 g/mol. The number of ether oxygens (including phenoxy) is 2. The lowest BCUT2D eigenvalue weighted by Gasteiger charge is -2.57. The molecule has 1 aromatic rings. The summed E-state index contributed by atoms with van der Waals surface area (Å²) >= 11 is 0. The zero-order chi connectivity index (χ0) is 18.1. The van der Waals surface area contributed by atoms with Gasteiger partial charge in [0.2, 0.25) is 0 Å². The van der Waals surface area contributed by atoms with Gasteiger partial charge in [-0.25, -0.2) is 4.79 Å². The van der Waals surface area contributed by atoms with Crippen LogP contribution in [0.1, 0.15) is 51.4 Å². The van der Waals surface area contributed by atoms with Crippen LogP contribution in [0.5, 0.6) is 5.75 Å². The molecule has 0 amide bonds. The van der Waals surface area contributed by atoms with E-state index in [1.54, 1.807) is 0 Å². The second-order valence-electron chi connectivity index (χ2n) is 8.47. The Morgan fingerprint density at radius 2 is 1.65 bits per heavy atom. The third-order valence-electron chi connectivity index (χ3n) is 6.49. The van der Waals surface area contributed by atoms with Crippen molar-refractivity contribution >= 4 is 11.8 Å². The maximum absolute atomic E-state index is 11.8. The van der Waals surface area contributed by atoms with Crippen LogP contribution in [0.15, 0.2) is 24.3 Å². The molecule has 4 fully saturated rings. The van der Waals surface area contributed by atoms with Gasteiger partial charge in [-0.3, -0.25) is 10.1 Å². The highest BCUT2D eigenvalue weighted by Gasteiger charge is 2.50. The Bertz CT molecular complexity index is 649. The molecule has 4 saturated carbocycles. The number of rotatable bonds is 6. The van der Waals surface area contributed by atoms with Crippen molar-refractivity contribution < 1.29 is 19.2 Å². The zero-order valence-electron chi connectivity index (χ0n) is 14.9. The molecule has 4 bridgehead atoms. The maximum atomic E-state index is 11.8. The number of non-ortho nitro benzene ring substituents is 1. The Balaban J connectivity index is 1.20. The number of benzene rings is 1. The molecule has 1 aromatic carbocycles. The van der Waals surface area contributed by atoms with Gasteiger partial charge in [0.15, 0.2) is 0 Å². The van der Waals surface area contributed by atoms with E-state index in [0.29, 0.717) is 12.0 Å². The van der Waals surface area contributed by atoms with E-state index in [9.17, 15) is 14.9 Å². The molecule has 4 aliphatic carbocycles. The second-order valence-corrected chi connectivity index (χ2v) is 8.47. The minimum atomic E-state index is -0.746. The van der Waals surface area contributed by atoms with Gasteiger partial charge < -0.3 is 9.47 Å². The van der Waals surface area contributed by atoms with Crippen molar-refractivity contribution in [2.45, 2.75) is 51.4 Å². The Kier molecular flexibility index (Phi) is 4.59. The lowest BCUT2D eigenvalue weighted by atomic mass is 9.48. The molecule has 0 heterocycles. The molecule has 5 rings (SSSR count). The smallest absolute Gasteiger partial charge is 0.434 e. The zero-order valence-corrected chi connectivity index (χ0v) is 14.9. The maximum Gasteiger partial charge on any atom is 0.513 e. The molecule has 0 N–H and O–H groups in total. The third-order valence-corrected chi connectivity index (χ3v) is 6.49. The van der Waals surface area contributed by atoms with Crippen LogP contribution < -0.4 is 4.74 Å². The highest BCUT2D eigenvalue weighted by molar-refractivity contribution is 5.63. The fraction of sp³-hybridized carbons (Fsp3) is 0.650. The van der Waals surface area contributed by atoms with Crippen LogP contribution in [0.4, 0.5) is 10.5 Å². The predicted octanol–water partition coefficient (Wildman–Crippen LogP) is 5.11. The second kappa shape index (κ2) is 6.89. The topological polar surface area (TPSA) is 78.7 Å². The molecule has 0 radical (unpaired) electrons. The van der Waals surface area contributed by atoms with E-state index in [1.807, 2.05) is 0 Å². The van der Waals surface area contributed by atoms with E-state index >= 15 is 0 Å². The van der Waals surface area contributed by atoms with E-state index in [2.05, 4.69) is 0 Å². The summed E-state index contributed by atoms with van der Waals surface area (Å²) in [5.41, 5.74) is 0.460. The van der Waals surface area contributed by atoms with Crippen molar-refractivity contribution in [2.75, 3.05) is 6.61 Å². The quantitative estimate of drug-likeness (QED) is 0.232. The molecule has 0 atom stereocenters. The van der Waals surface area contributed by atoms with Crippen LogP contribution in [0.3, 0.4) is 0 Å². The SMILES string of the molecule is O=C(OCCCC12CC3CC(CC(C3)C1)C2)Oc1ccc([N+](=O)[O-])cc1. The van der Waals surface area contributed by atoms with Crippen LogP contribution in [0, 0.1) is 33.3 Å². The number of carbonyl (C=O) groups is 1. The fourth-order valence-electron chi connectivity index (χ4n) is 5.96. The minimum Gasteiger partial charge on any atom is -0.434 e. The number of nitro benzene ring substituents is 1. The van der Waals surface area contributed by atoms with Crippen molar-refractivity contribution in [1.29, 1.82) is 0 Å². The first kappa shape index (κ1) is 17.3. The summed E-state index contributed by atoms with van der Waals surface area (Å²) in [6.07, 6.45) is 9.70. The Hall–Kier alpha value is -2.11. The lowest BCUT2D eigenvalue weighted by Crippen LogP contribution is -2.46. The third kappa shape index (κ3) is 3.69. The lowest BCUT2D eigenvalue weighted by molar-refractivity contribution is -0.384. The van der Waals surface area contributed by atoms with E-state index < -0.39 is 11.1 Å². The van der Waals surface area contributed by atoms with Gasteiger partial charge in [0.1, 0.15) is 5.75 Å². The van der Waals surface area contributed by atoms with Crippen molar-refractivity contribution in [3.63, 3.8) is 0 Å². The summed E-state index contributed by atoms with van der Waals surface area (Å²) in [4.78, 5) is 21.9. The largest absolute Gasteiger partial charge is 0.513 e. The van der Waals surface area contributed by atoms with Gasteiger partial charge in [-0.15, -0.1) is 0 Å². The predicted molar refractivity (Wildman–Crippen MR) is 94.9 cm³/mol. The van der Waals surface area contributed by atoms with Gasteiger partial charge in [-0.05, 0) is 86.7 Å². The average Bonchev–Trinajstić information content (AvgIpc) is 2.58. The van der Waals surface area contributed by atoms with Crippen LogP contribution in [-0.2, 0) is 4.74 Å². The van der Waals surface area contributed by atoms with Gasteiger partial charge in [0, 0.05) is 12.1 Å². The number of nitro groups is 1. The van der Waals surface area contributed by atoms with Gasteiger partial charge in [-0.2, -0.15) is 0 Å². The number of hydrogen-bond acceptors (Lipinski definition) is 5. The van der Waals surface area contributed by atoms with Crippen LogP contribution in [-0.4, -0.2) is 17.7 Å². The van der Waals surface area contributed by atoms with Gasteiger partial charge in [-0.1, -0.05) is 0 Å². The first-order valence-electron chi connectivity index (χ1n) is 9.60. The number of carbonyl (C=O) groups excluding carboxylic acids is 1. The summed E-state index contributed by atoms with van der Waals surface area (Å²) in [6.45, 7) is 0.369. The molecule has 0 aromatic heterocycles. The Morgan fingerprint density at radius 3 is 2.19 bits per heavy atom. The fourth-order valence-corrected chi connectivity index (χ4v) is 5.96.